The number of anilines is 1. The highest BCUT2D eigenvalue weighted by Gasteiger charge is 2.14. The van der Waals surface area contributed by atoms with Gasteiger partial charge in [0, 0.05) is 9.77 Å². The monoisotopic (exact) mass is 417 g/mol. The third-order valence-corrected chi connectivity index (χ3v) is 3.95. The van der Waals surface area contributed by atoms with E-state index in [4.69, 9.17) is 10.4 Å². The minimum Gasteiger partial charge on any atom is -0.359 e. The number of aromatic amines is 1. The smallest absolute Gasteiger partial charge is 0.240 e. The van der Waals surface area contributed by atoms with Crippen LogP contribution in [0, 0.1) is 14.9 Å². The summed E-state index contributed by atoms with van der Waals surface area (Å²) >= 11 is 1.97. The van der Waals surface area contributed by atoms with Crippen LogP contribution in [0.4, 0.5) is 5.69 Å². The molecule has 0 unspecified atom stereocenters. The summed E-state index contributed by atoms with van der Waals surface area (Å²) in [6.07, 6.45) is 1.28. The number of H-pyrrole nitrogens is 1. The van der Waals surface area contributed by atoms with Crippen LogP contribution in [0.5, 0.6) is 0 Å². The Morgan fingerprint density at radius 1 is 1.52 bits per heavy atom. The lowest BCUT2D eigenvalue weighted by atomic mass is 10.3. The number of hydrogen-bond acceptors (Lipinski definition) is 7. The molecule has 2 aromatic rings. The van der Waals surface area contributed by atoms with Crippen molar-refractivity contribution in [1.29, 1.82) is 5.26 Å². The molecule has 0 saturated carbocycles. The molecule has 0 bridgehead atoms. The predicted octanol–water partition coefficient (Wildman–Crippen LogP) is 0.428. The van der Waals surface area contributed by atoms with Crippen molar-refractivity contribution >= 4 is 43.9 Å². The number of nitrogens with two attached hydrogens (primary N) is 1. The van der Waals surface area contributed by atoms with E-state index in [1.165, 1.54) is 12.3 Å². The second kappa shape index (κ2) is 6.16. The Balaban J connectivity index is 2.39. The van der Waals surface area contributed by atoms with Gasteiger partial charge in [-0.1, -0.05) is 0 Å². The van der Waals surface area contributed by atoms with Crippen LogP contribution in [0.25, 0.3) is 5.57 Å². The van der Waals surface area contributed by atoms with Crippen molar-refractivity contribution in [3.8, 4) is 6.07 Å². The maximum absolute atomic E-state index is 11.6. The van der Waals surface area contributed by atoms with Crippen molar-refractivity contribution in [1.82, 2.24) is 20.6 Å². The van der Waals surface area contributed by atoms with E-state index in [-0.39, 0.29) is 22.0 Å². The molecule has 0 radical (unpaired) electrons. The number of nitrogens with one attached hydrogen (secondary N) is 2. The zero-order valence-electron chi connectivity index (χ0n) is 10.3. The van der Waals surface area contributed by atoms with Gasteiger partial charge >= 0.3 is 0 Å². The predicted molar refractivity (Wildman–Crippen MR) is 81.9 cm³/mol. The summed E-state index contributed by atoms with van der Waals surface area (Å²) in [5.74, 6) is 0.0904. The summed E-state index contributed by atoms with van der Waals surface area (Å²) in [7, 11) is -3.89. The second-order valence-electron chi connectivity index (χ2n) is 3.74. The Kier molecular flexibility index (Phi) is 4.50. The van der Waals surface area contributed by atoms with Crippen LogP contribution < -0.4 is 10.5 Å². The first kappa shape index (κ1) is 15.4. The third kappa shape index (κ3) is 3.74. The first-order chi connectivity index (χ1) is 9.91. The summed E-state index contributed by atoms with van der Waals surface area (Å²) in [6.45, 7) is 0. The molecule has 2 rings (SSSR count). The largest absolute Gasteiger partial charge is 0.359 e. The first-order valence-electron chi connectivity index (χ1n) is 5.35. The van der Waals surface area contributed by atoms with Crippen LogP contribution in [-0.2, 0) is 10.0 Å². The Labute approximate surface area is 133 Å². The van der Waals surface area contributed by atoms with E-state index >= 15 is 0 Å². The maximum Gasteiger partial charge on any atom is 0.240 e. The van der Waals surface area contributed by atoms with E-state index in [2.05, 4.69) is 25.9 Å². The summed E-state index contributed by atoms with van der Waals surface area (Å²) in [5.41, 5.74) is 0.330. The van der Waals surface area contributed by atoms with Crippen molar-refractivity contribution in [2.24, 2.45) is 5.14 Å². The zero-order chi connectivity index (χ0) is 15.5. The van der Waals surface area contributed by atoms with E-state index in [0.717, 1.165) is 0 Å². The Morgan fingerprint density at radius 3 is 2.86 bits per heavy atom. The Morgan fingerprint density at radius 2 is 2.29 bits per heavy atom. The topological polar surface area (TPSA) is 150 Å². The molecule has 21 heavy (non-hydrogen) atoms. The Hall–Kier alpha value is -2.04. The standard InChI is InChI=1S/C10H8IN7O2S/c11-7-1-2-8(9(3-7)21(13,19)20)14-5-6(4-12)10-15-17-18-16-10/h1-3,5,14H,(H2,13,19,20)(H,15,16,17,18). The molecule has 0 fully saturated rings. The summed E-state index contributed by atoms with van der Waals surface area (Å²) in [4.78, 5) is -0.0731. The molecule has 0 aliphatic rings. The highest BCUT2D eigenvalue weighted by Crippen LogP contribution is 2.23. The van der Waals surface area contributed by atoms with Gasteiger partial charge in [0.15, 0.2) is 0 Å². The fourth-order valence-electron chi connectivity index (χ4n) is 1.42. The van der Waals surface area contributed by atoms with Crippen LogP contribution >= 0.6 is 22.6 Å². The molecule has 1 aromatic carbocycles. The molecule has 0 aliphatic carbocycles. The molecule has 9 nitrogen and oxygen atoms in total. The molecule has 0 atom stereocenters. The molecular formula is C10H8IN7O2S. The molecule has 0 aliphatic heterocycles. The van der Waals surface area contributed by atoms with Gasteiger partial charge in [0.1, 0.15) is 16.5 Å². The van der Waals surface area contributed by atoms with E-state index in [9.17, 15) is 8.42 Å². The highest BCUT2D eigenvalue weighted by molar-refractivity contribution is 14.1. The van der Waals surface area contributed by atoms with Gasteiger partial charge < -0.3 is 5.32 Å². The van der Waals surface area contributed by atoms with Gasteiger partial charge in [-0.15, -0.1) is 10.2 Å². The molecule has 0 spiro atoms. The molecule has 4 N–H and O–H groups in total. The van der Waals surface area contributed by atoms with Crippen LogP contribution in [0.3, 0.4) is 0 Å². The molecule has 0 amide bonds. The van der Waals surface area contributed by atoms with Crippen LogP contribution in [0.15, 0.2) is 29.3 Å². The van der Waals surface area contributed by atoms with E-state index in [0.29, 0.717) is 3.57 Å². The fraction of sp³-hybridized carbons (Fsp3) is 0. The summed E-state index contributed by atoms with van der Waals surface area (Å²) < 4.78 is 23.8. The minimum absolute atomic E-state index is 0.0731. The number of hydrogen-bond donors (Lipinski definition) is 3. The van der Waals surface area contributed by atoms with Crippen molar-refractivity contribution in [2.75, 3.05) is 5.32 Å². The number of nitrogens with zero attached hydrogens (tertiary/aromatic N) is 4. The summed E-state index contributed by atoms with van der Waals surface area (Å²) in [6, 6.07) is 6.54. The van der Waals surface area contributed by atoms with Gasteiger partial charge in [0.05, 0.1) is 5.69 Å². The van der Waals surface area contributed by atoms with Crippen LogP contribution in [0.2, 0.25) is 0 Å². The van der Waals surface area contributed by atoms with Crippen LogP contribution in [0.1, 0.15) is 5.82 Å². The molecule has 0 saturated heterocycles. The fourth-order valence-corrected chi connectivity index (χ4v) is 2.85. The maximum atomic E-state index is 11.6. The number of halogens is 1. The number of tetrazole rings is 1. The SMILES string of the molecule is N#CC(=CNc1ccc(I)cc1S(N)(=O)=O)c1nn[nH]n1. The average molecular weight is 417 g/mol. The number of sulfonamides is 1. The lowest BCUT2D eigenvalue weighted by Gasteiger charge is -2.08. The molecule has 1 heterocycles. The van der Waals surface area contributed by atoms with Gasteiger partial charge in [0.25, 0.3) is 0 Å². The first-order valence-corrected chi connectivity index (χ1v) is 7.97. The number of nitriles is 1. The molecular weight excluding hydrogens is 409 g/mol. The third-order valence-electron chi connectivity index (χ3n) is 2.33. The van der Waals surface area contributed by atoms with Gasteiger partial charge in [-0.05, 0) is 46.0 Å². The molecule has 1 aromatic heterocycles. The van der Waals surface area contributed by atoms with Crippen LogP contribution in [-0.4, -0.2) is 29.0 Å². The quantitative estimate of drug-likeness (QED) is 0.482. The van der Waals surface area contributed by atoms with Crippen molar-refractivity contribution in [3.63, 3.8) is 0 Å². The van der Waals surface area contributed by atoms with E-state index in [1.54, 1.807) is 12.1 Å². The second-order valence-corrected chi connectivity index (χ2v) is 6.51. The normalized spacial score (nSPS) is 12.0. The van der Waals surface area contributed by atoms with Gasteiger partial charge in [-0.25, -0.2) is 13.6 Å². The van der Waals surface area contributed by atoms with E-state index in [1.807, 2.05) is 28.7 Å². The number of benzene rings is 1. The molecule has 108 valence electrons. The highest BCUT2D eigenvalue weighted by atomic mass is 127. The average Bonchev–Trinajstić information content (AvgIpc) is 2.94. The number of primary sulfonamides is 1. The number of allylic oxidation sites excluding steroid dienone is 1. The summed E-state index contributed by atoms with van der Waals surface area (Å²) in [5, 5.41) is 29.8. The van der Waals surface area contributed by atoms with Crippen molar-refractivity contribution in [2.45, 2.75) is 4.90 Å². The van der Waals surface area contributed by atoms with Gasteiger partial charge in [0.2, 0.25) is 15.8 Å². The lowest BCUT2D eigenvalue weighted by molar-refractivity contribution is 0.598. The molecule has 11 heteroatoms. The van der Waals surface area contributed by atoms with Crippen molar-refractivity contribution < 1.29 is 8.42 Å². The number of aromatic nitrogens is 4. The van der Waals surface area contributed by atoms with E-state index < -0.39 is 10.0 Å². The Bertz CT molecular complexity index is 824. The number of rotatable bonds is 4. The zero-order valence-corrected chi connectivity index (χ0v) is 13.3. The van der Waals surface area contributed by atoms with Crippen molar-refractivity contribution in [3.05, 3.63) is 33.8 Å². The minimum atomic E-state index is -3.89. The van der Waals surface area contributed by atoms with Gasteiger partial charge in [-0.2, -0.15) is 10.5 Å². The lowest BCUT2D eigenvalue weighted by Crippen LogP contribution is -2.14. The van der Waals surface area contributed by atoms with Gasteiger partial charge in [-0.3, -0.25) is 0 Å².